The Morgan fingerprint density at radius 1 is 1.10 bits per heavy atom. The Morgan fingerprint density at radius 3 is 2.20 bits per heavy atom. The van der Waals surface area contributed by atoms with Gasteiger partial charge in [0.25, 0.3) is 16.0 Å². The van der Waals surface area contributed by atoms with Crippen molar-refractivity contribution in [1.29, 1.82) is 0 Å². The number of hydrogen-bond donors (Lipinski definition) is 2. The van der Waals surface area contributed by atoms with Crippen LogP contribution in [0.4, 0.5) is 30.7 Å². The standard InChI is InChI=1S/C9H4F7NO.C7H7NO3S/c10-4-1-2-5(6(3-4)8(11,12)13)7(18)17-9(14,15)16;9-12(10,11)5-3-7-2-1-4-8-6-7/h1-3H,(H,17,18);1-6H,(H,9,10,11)/b;5-3+. The van der Waals surface area contributed by atoms with Gasteiger partial charge in [-0.25, -0.2) is 4.39 Å². The van der Waals surface area contributed by atoms with E-state index >= 15 is 0 Å². The Morgan fingerprint density at radius 2 is 1.73 bits per heavy atom. The van der Waals surface area contributed by atoms with Crippen molar-refractivity contribution in [3.8, 4) is 0 Å². The molecule has 0 aliphatic carbocycles. The number of alkyl halides is 6. The van der Waals surface area contributed by atoms with E-state index in [4.69, 9.17) is 4.55 Å². The molecule has 2 rings (SSSR count). The number of rotatable bonds is 3. The summed E-state index contributed by atoms with van der Waals surface area (Å²) >= 11 is 0. The molecule has 0 aliphatic heterocycles. The van der Waals surface area contributed by atoms with Gasteiger partial charge in [-0.2, -0.15) is 34.8 Å². The molecule has 0 atom stereocenters. The Labute approximate surface area is 164 Å². The Hall–Kier alpha value is -3.00. The van der Waals surface area contributed by atoms with Crippen LogP contribution >= 0.6 is 0 Å². The third-order valence-electron chi connectivity index (χ3n) is 2.90. The lowest BCUT2D eigenvalue weighted by Crippen LogP contribution is -2.38. The van der Waals surface area contributed by atoms with Crippen LogP contribution < -0.4 is 5.32 Å². The van der Waals surface area contributed by atoms with Crippen LogP contribution in [0.5, 0.6) is 0 Å². The summed E-state index contributed by atoms with van der Waals surface area (Å²) in [5.41, 5.74) is -2.46. The number of nitrogens with one attached hydrogen (secondary N) is 1. The summed E-state index contributed by atoms with van der Waals surface area (Å²) in [6.45, 7) is 0. The van der Waals surface area contributed by atoms with Crippen LogP contribution in [0.25, 0.3) is 6.08 Å². The molecule has 14 heteroatoms. The van der Waals surface area contributed by atoms with E-state index in [-0.39, 0.29) is 6.07 Å². The van der Waals surface area contributed by atoms with Gasteiger partial charge in [0.05, 0.1) is 16.5 Å². The van der Waals surface area contributed by atoms with Crippen molar-refractivity contribution in [2.45, 2.75) is 12.5 Å². The number of amides is 1. The van der Waals surface area contributed by atoms with Gasteiger partial charge in [-0.1, -0.05) is 6.07 Å². The van der Waals surface area contributed by atoms with E-state index in [1.807, 2.05) is 0 Å². The Balaban J connectivity index is 0.000000325. The van der Waals surface area contributed by atoms with Crippen LogP contribution in [0.15, 0.2) is 48.1 Å². The molecule has 30 heavy (non-hydrogen) atoms. The number of aromatic nitrogens is 1. The molecule has 0 aliphatic rings. The molecule has 2 aromatic rings. The van der Waals surface area contributed by atoms with E-state index in [9.17, 15) is 43.9 Å². The molecule has 1 aromatic carbocycles. The Kier molecular flexibility index (Phi) is 8.07. The predicted molar refractivity (Wildman–Crippen MR) is 89.7 cm³/mol. The fourth-order valence-corrected chi connectivity index (χ4v) is 2.11. The molecule has 1 aromatic heterocycles. The number of pyridine rings is 1. The zero-order valence-corrected chi connectivity index (χ0v) is 15.2. The molecule has 0 unspecified atom stereocenters. The monoisotopic (exact) mass is 460 g/mol. The average Bonchev–Trinajstić information content (AvgIpc) is 2.58. The van der Waals surface area contributed by atoms with Crippen molar-refractivity contribution >= 4 is 22.1 Å². The number of halogens is 7. The van der Waals surface area contributed by atoms with Gasteiger partial charge in [0.1, 0.15) is 5.82 Å². The molecule has 0 spiro atoms. The summed E-state index contributed by atoms with van der Waals surface area (Å²) in [7, 11) is -4.03. The van der Waals surface area contributed by atoms with Crippen molar-refractivity contribution in [1.82, 2.24) is 10.3 Å². The molecule has 0 bridgehead atoms. The molecule has 0 radical (unpaired) electrons. The number of benzene rings is 1. The highest BCUT2D eigenvalue weighted by molar-refractivity contribution is 7.88. The number of nitrogens with zero attached hydrogens (tertiary/aromatic N) is 1. The van der Waals surface area contributed by atoms with E-state index < -0.39 is 45.4 Å². The number of carbonyl (C=O) groups is 1. The lowest BCUT2D eigenvalue weighted by Gasteiger charge is -2.14. The quantitative estimate of drug-likeness (QED) is 0.410. The van der Waals surface area contributed by atoms with E-state index in [2.05, 4.69) is 4.98 Å². The van der Waals surface area contributed by atoms with Crippen LogP contribution in [-0.4, -0.2) is 30.2 Å². The maximum atomic E-state index is 12.6. The fraction of sp³-hybridized carbons (Fsp3) is 0.125. The van der Waals surface area contributed by atoms with E-state index in [1.165, 1.54) is 12.3 Å². The summed E-state index contributed by atoms with van der Waals surface area (Å²) in [5.74, 6) is -3.32. The van der Waals surface area contributed by atoms with Crippen LogP contribution in [-0.2, 0) is 16.3 Å². The second kappa shape index (κ2) is 9.67. The SMILES string of the molecule is O=C(NC(F)(F)F)c1ccc(F)cc1C(F)(F)F.O=S(=O)(O)/C=C/c1cccnc1. The first-order chi connectivity index (χ1) is 13.6. The topological polar surface area (TPSA) is 96.4 Å². The maximum absolute atomic E-state index is 12.6. The zero-order chi connectivity index (χ0) is 23.2. The van der Waals surface area contributed by atoms with Crippen molar-refractivity contribution in [2.75, 3.05) is 0 Å². The first-order valence-electron chi connectivity index (χ1n) is 7.40. The molecule has 164 valence electrons. The lowest BCUT2D eigenvalue weighted by atomic mass is 10.1. The van der Waals surface area contributed by atoms with Crippen molar-refractivity contribution in [3.63, 3.8) is 0 Å². The second-order valence-corrected chi connectivity index (χ2v) is 6.55. The average molecular weight is 460 g/mol. The van der Waals surface area contributed by atoms with Gasteiger partial charge in [-0.3, -0.25) is 19.6 Å². The largest absolute Gasteiger partial charge is 0.484 e. The summed E-state index contributed by atoms with van der Waals surface area (Å²) in [5, 5.41) is 1.12. The van der Waals surface area contributed by atoms with Crippen LogP contribution in [0.3, 0.4) is 0 Å². The molecule has 0 saturated carbocycles. The highest BCUT2D eigenvalue weighted by Gasteiger charge is 2.38. The van der Waals surface area contributed by atoms with Crippen molar-refractivity contribution in [2.24, 2.45) is 0 Å². The van der Waals surface area contributed by atoms with Crippen LogP contribution in [0.1, 0.15) is 21.5 Å². The molecule has 6 nitrogen and oxygen atoms in total. The molecule has 1 heterocycles. The van der Waals surface area contributed by atoms with Crippen molar-refractivity contribution in [3.05, 3.63) is 70.6 Å². The van der Waals surface area contributed by atoms with E-state index in [0.29, 0.717) is 28.4 Å². The highest BCUT2D eigenvalue weighted by atomic mass is 32.2. The predicted octanol–water partition coefficient (Wildman–Crippen LogP) is 4.03. The van der Waals surface area contributed by atoms with Gasteiger partial charge in [0.15, 0.2) is 0 Å². The smallest absolute Gasteiger partial charge is 0.282 e. The molecular weight excluding hydrogens is 449 g/mol. The summed E-state index contributed by atoms with van der Waals surface area (Å²) in [6, 6.07) is 4.09. The highest BCUT2D eigenvalue weighted by Crippen LogP contribution is 2.32. The minimum absolute atomic E-state index is 0.0503. The normalized spacial score (nSPS) is 12.3. The van der Waals surface area contributed by atoms with Gasteiger partial charge >= 0.3 is 12.5 Å². The summed E-state index contributed by atoms with van der Waals surface area (Å²) in [6.07, 6.45) is -5.98. The maximum Gasteiger partial charge on any atom is 0.484 e. The molecule has 2 N–H and O–H groups in total. The molecule has 0 saturated heterocycles. The van der Waals surface area contributed by atoms with Crippen LogP contribution in [0, 0.1) is 5.82 Å². The lowest BCUT2D eigenvalue weighted by molar-refractivity contribution is -0.148. The number of carbonyl (C=O) groups excluding carboxylic acids is 1. The first kappa shape index (κ1) is 25.0. The fourth-order valence-electron chi connectivity index (χ4n) is 1.78. The molecule has 0 fully saturated rings. The minimum atomic E-state index is -5.17. The molecular formula is C16H11F7N2O4S. The first-order valence-corrected chi connectivity index (χ1v) is 8.90. The zero-order valence-electron chi connectivity index (χ0n) is 14.4. The van der Waals surface area contributed by atoms with Crippen molar-refractivity contribution < 1.29 is 48.5 Å². The van der Waals surface area contributed by atoms with E-state index in [1.54, 1.807) is 18.3 Å². The Bertz CT molecular complexity index is 1000. The summed E-state index contributed by atoms with van der Waals surface area (Å²) < 4.78 is 114. The van der Waals surface area contributed by atoms with Crippen LogP contribution in [0.2, 0.25) is 0 Å². The van der Waals surface area contributed by atoms with Gasteiger partial charge in [0, 0.05) is 12.4 Å². The van der Waals surface area contributed by atoms with Gasteiger partial charge in [0.2, 0.25) is 0 Å². The summed E-state index contributed by atoms with van der Waals surface area (Å²) in [4.78, 5) is 14.7. The second-order valence-electron chi connectivity index (χ2n) is 5.24. The van der Waals surface area contributed by atoms with Gasteiger partial charge in [-0.05, 0) is 35.9 Å². The van der Waals surface area contributed by atoms with Gasteiger partial charge in [-0.15, -0.1) is 0 Å². The number of hydrogen-bond acceptors (Lipinski definition) is 4. The third-order valence-corrected chi connectivity index (χ3v) is 3.38. The van der Waals surface area contributed by atoms with Gasteiger partial charge < -0.3 is 0 Å². The van der Waals surface area contributed by atoms with E-state index in [0.717, 1.165) is 0 Å². The minimum Gasteiger partial charge on any atom is -0.282 e. The molecule has 1 amide bonds. The third kappa shape index (κ3) is 9.47.